The van der Waals surface area contributed by atoms with Gasteiger partial charge in [-0.2, -0.15) is 0 Å². The number of amidine groups is 1. The molecule has 284 valence electrons. The third-order valence-electron chi connectivity index (χ3n) is 11.5. The van der Waals surface area contributed by atoms with E-state index in [0.717, 1.165) is 22.4 Å². The van der Waals surface area contributed by atoms with Crippen LogP contribution in [0.15, 0.2) is 236 Å². The fourth-order valence-corrected chi connectivity index (χ4v) is 8.66. The highest BCUT2D eigenvalue weighted by Crippen LogP contribution is 2.46. The average Bonchev–Trinajstić information content (AvgIpc) is 3.33. The molecule has 2 N–H and O–H groups in total. The van der Waals surface area contributed by atoms with Gasteiger partial charge in [-0.25, -0.2) is 4.99 Å². The number of hydrogen-bond donors (Lipinski definition) is 1. The molecule has 2 nitrogen and oxygen atoms in total. The molecule has 0 fully saturated rings. The number of benzene rings is 10. The lowest BCUT2D eigenvalue weighted by atomic mass is 9.84. The lowest BCUT2D eigenvalue weighted by Gasteiger charge is -2.19. The van der Waals surface area contributed by atoms with Crippen molar-refractivity contribution >= 4 is 43.9 Å². The second-order valence-corrected chi connectivity index (χ2v) is 15.2. The highest BCUT2D eigenvalue weighted by Gasteiger charge is 2.19. The molecule has 10 rings (SSSR count). The summed E-state index contributed by atoms with van der Waals surface area (Å²) in [5, 5.41) is 7.43. The molecule has 0 aliphatic rings. The van der Waals surface area contributed by atoms with Gasteiger partial charge in [-0.15, -0.1) is 0 Å². The van der Waals surface area contributed by atoms with Gasteiger partial charge in [0.2, 0.25) is 0 Å². The molecule has 0 atom stereocenters. The van der Waals surface area contributed by atoms with Crippen LogP contribution in [0.4, 0.5) is 0 Å². The molecule has 60 heavy (non-hydrogen) atoms. The predicted octanol–water partition coefficient (Wildman–Crippen LogP) is 14.8. The van der Waals surface area contributed by atoms with Crippen molar-refractivity contribution in [3.63, 3.8) is 0 Å². The molecular weight excluding hydrogens is 725 g/mol. The minimum atomic E-state index is 0.482. The molecule has 0 unspecified atom stereocenters. The van der Waals surface area contributed by atoms with E-state index in [2.05, 4.69) is 200 Å². The van der Waals surface area contributed by atoms with E-state index in [0.29, 0.717) is 12.3 Å². The van der Waals surface area contributed by atoms with Gasteiger partial charge in [0, 0.05) is 5.56 Å². The largest absolute Gasteiger partial charge is 0.383 e. The Labute approximate surface area is 351 Å². The molecule has 0 radical (unpaired) electrons. The van der Waals surface area contributed by atoms with Gasteiger partial charge in [-0.05, 0) is 94.4 Å². The van der Waals surface area contributed by atoms with E-state index in [4.69, 9.17) is 10.7 Å². The predicted molar refractivity (Wildman–Crippen MR) is 256 cm³/mol. The smallest absolute Gasteiger partial charge is 0.131 e. The fraction of sp³-hybridized carbons (Fsp3) is 0.0172. The van der Waals surface area contributed by atoms with Crippen LogP contribution in [0.25, 0.3) is 82.5 Å². The molecule has 2 heteroatoms. The van der Waals surface area contributed by atoms with Crippen molar-refractivity contribution in [1.82, 2.24) is 0 Å². The zero-order chi connectivity index (χ0) is 40.3. The molecule has 0 aliphatic heterocycles. The summed E-state index contributed by atoms with van der Waals surface area (Å²) in [7, 11) is 0. The van der Waals surface area contributed by atoms with Gasteiger partial charge in [-0.3, -0.25) is 0 Å². The first-order valence-electron chi connectivity index (χ1n) is 20.6. The standard InChI is InChI=1S/C58H42N2/c59-58(47-24-11-4-12-25-47)60-54(38-30-40-29-36-48(41-17-5-1-6-18-41)53(39-40)42-19-7-2-8-20-42)44-31-33-46(34-32-44)56-51-28-16-15-27-50(51)55(45-22-9-3-10-23-45)52-37-35-43-21-13-14-26-49(43)57(52)56/h1-29,31-39H,30H2,(H2,59,60)/b54-38-. The maximum atomic E-state index is 6.76. The van der Waals surface area contributed by atoms with Crippen molar-refractivity contribution in [2.75, 3.05) is 0 Å². The van der Waals surface area contributed by atoms with Gasteiger partial charge < -0.3 is 5.73 Å². The van der Waals surface area contributed by atoms with Crippen LogP contribution in [0.5, 0.6) is 0 Å². The lowest BCUT2D eigenvalue weighted by Crippen LogP contribution is -2.13. The number of hydrogen-bond acceptors (Lipinski definition) is 1. The zero-order valence-corrected chi connectivity index (χ0v) is 33.2. The maximum absolute atomic E-state index is 6.76. The Balaban J connectivity index is 1.11. The van der Waals surface area contributed by atoms with Crippen LogP contribution < -0.4 is 5.73 Å². The SMILES string of the molecule is NC(=N/C(=C\Cc1ccc(-c2ccccc2)c(-c2ccccc2)c1)c1ccc(-c2c3ccccc3c(-c3ccccc3)c3ccc4ccccc4c23)cc1)c1ccccc1. The maximum Gasteiger partial charge on any atom is 0.131 e. The summed E-state index contributed by atoms with van der Waals surface area (Å²) in [6, 6.07) is 79.9. The molecule has 10 aromatic carbocycles. The first kappa shape index (κ1) is 36.5. The first-order valence-corrected chi connectivity index (χ1v) is 20.6. The summed E-state index contributed by atoms with van der Waals surface area (Å²) < 4.78 is 0. The molecule has 10 aromatic rings. The lowest BCUT2D eigenvalue weighted by molar-refractivity contribution is 1.26. The Kier molecular flexibility index (Phi) is 9.87. The van der Waals surface area contributed by atoms with Crippen LogP contribution in [0.2, 0.25) is 0 Å². The van der Waals surface area contributed by atoms with Crippen LogP contribution in [-0.2, 0) is 6.42 Å². The van der Waals surface area contributed by atoms with Crippen LogP contribution in [0.1, 0.15) is 16.7 Å². The third kappa shape index (κ3) is 7.06. The van der Waals surface area contributed by atoms with Crippen molar-refractivity contribution in [2.45, 2.75) is 6.42 Å². The summed E-state index contributed by atoms with van der Waals surface area (Å²) in [6.45, 7) is 0. The number of aliphatic imine (C=N–C) groups is 1. The molecule has 0 bridgehead atoms. The van der Waals surface area contributed by atoms with Crippen molar-refractivity contribution in [1.29, 1.82) is 0 Å². The summed E-state index contributed by atoms with van der Waals surface area (Å²) >= 11 is 0. The van der Waals surface area contributed by atoms with Crippen molar-refractivity contribution < 1.29 is 0 Å². The van der Waals surface area contributed by atoms with E-state index >= 15 is 0 Å². The topological polar surface area (TPSA) is 38.4 Å². The van der Waals surface area contributed by atoms with E-state index in [9.17, 15) is 0 Å². The van der Waals surface area contributed by atoms with Crippen molar-refractivity contribution in [3.8, 4) is 44.5 Å². The molecular formula is C58H42N2. The minimum Gasteiger partial charge on any atom is -0.383 e. The van der Waals surface area contributed by atoms with Gasteiger partial charge in [0.25, 0.3) is 0 Å². The van der Waals surface area contributed by atoms with Crippen LogP contribution >= 0.6 is 0 Å². The Morgan fingerprint density at radius 3 is 1.60 bits per heavy atom. The molecule has 0 heterocycles. The van der Waals surface area contributed by atoms with Gasteiger partial charge in [0.05, 0.1) is 5.70 Å². The van der Waals surface area contributed by atoms with Crippen molar-refractivity contribution in [2.24, 2.45) is 10.7 Å². The number of rotatable bonds is 9. The molecule has 0 aliphatic carbocycles. The molecule has 0 aromatic heterocycles. The van der Waals surface area contributed by atoms with Crippen LogP contribution in [0, 0.1) is 0 Å². The number of nitrogens with zero attached hydrogens (tertiary/aromatic N) is 1. The number of fused-ring (bicyclic) bond motifs is 4. The quantitative estimate of drug-likeness (QED) is 0.0676. The second-order valence-electron chi connectivity index (χ2n) is 15.2. The minimum absolute atomic E-state index is 0.482. The van der Waals surface area contributed by atoms with E-state index in [1.807, 2.05) is 30.3 Å². The Morgan fingerprint density at radius 1 is 0.400 bits per heavy atom. The van der Waals surface area contributed by atoms with E-state index in [1.54, 1.807) is 0 Å². The van der Waals surface area contributed by atoms with E-state index < -0.39 is 0 Å². The third-order valence-corrected chi connectivity index (χ3v) is 11.5. The average molecular weight is 767 g/mol. The van der Waals surface area contributed by atoms with E-state index in [-0.39, 0.29) is 0 Å². The normalized spacial score (nSPS) is 12.0. The Morgan fingerprint density at radius 2 is 0.933 bits per heavy atom. The van der Waals surface area contributed by atoms with Crippen LogP contribution in [0.3, 0.4) is 0 Å². The van der Waals surface area contributed by atoms with Crippen molar-refractivity contribution in [3.05, 3.63) is 247 Å². The first-order chi connectivity index (χ1) is 29.7. The Bertz CT molecular complexity index is 3190. The molecule has 0 amide bonds. The molecule has 0 saturated carbocycles. The van der Waals surface area contributed by atoms with Gasteiger partial charge in [-0.1, -0.05) is 231 Å². The van der Waals surface area contributed by atoms with Crippen LogP contribution in [-0.4, -0.2) is 5.84 Å². The summed E-state index contributed by atoms with van der Waals surface area (Å²) in [5.41, 5.74) is 20.3. The highest BCUT2D eigenvalue weighted by molar-refractivity contribution is 6.27. The van der Waals surface area contributed by atoms with Gasteiger partial charge in [0.1, 0.15) is 5.84 Å². The number of nitrogens with two attached hydrogens (primary N) is 1. The summed E-state index contributed by atoms with van der Waals surface area (Å²) in [4.78, 5) is 5.12. The molecule has 0 saturated heterocycles. The monoisotopic (exact) mass is 766 g/mol. The molecule has 0 spiro atoms. The summed E-state index contributed by atoms with van der Waals surface area (Å²) in [5.74, 6) is 0.482. The second kappa shape index (κ2) is 16.2. The Hall–Kier alpha value is -7.81. The summed E-state index contributed by atoms with van der Waals surface area (Å²) in [6.07, 6.45) is 2.89. The van der Waals surface area contributed by atoms with Gasteiger partial charge in [0.15, 0.2) is 0 Å². The highest BCUT2D eigenvalue weighted by atomic mass is 14.9. The number of allylic oxidation sites excluding steroid dienone is 1. The van der Waals surface area contributed by atoms with E-state index in [1.165, 1.54) is 76.8 Å². The van der Waals surface area contributed by atoms with Gasteiger partial charge >= 0.3 is 0 Å². The fourth-order valence-electron chi connectivity index (χ4n) is 8.66. The zero-order valence-electron chi connectivity index (χ0n) is 33.2.